The van der Waals surface area contributed by atoms with Gasteiger partial charge < -0.3 is 28.7 Å². The average molecular weight is 767 g/mol. The lowest BCUT2D eigenvalue weighted by molar-refractivity contribution is 0.394. The zero-order valence-corrected chi connectivity index (χ0v) is 35.1. The summed E-state index contributed by atoms with van der Waals surface area (Å²) in [5.41, 5.74) is 13.6. The number of anilines is 6. The third-order valence-electron chi connectivity index (χ3n) is 11.8. The number of hydrogen-bond donors (Lipinski definition) is 0. The number of aryl methyl sites for hydroxylation is 4. The van der Waals surface area contributed by atoms with Crippen LogP contribution in [0.3, 0.4) is 0 Å². The molecule has 0 radical (unpaired) electrons. The summed E-state index contributed by atoms with van der Waals surface area (Å²) in [6.45, 7) is 13.1. The molecule has 0 N–H and O–H groups in total. The van der Waals surface area contributed by atoms with Crippen molar-refractivity contribution in [1.82, 2.24) is 0 Å². The number of ether oxygens (including phenoxy) is 4. The lowest BCUT2D eigenvalue weighted by Crippen LogP contribution is -2.13. The maximum Gasteiger partial charge on any atom is 0.124 e. The van der Waals surface area contributed by atoms with Crippen molar-refractivity contribution in [3.63, 3.8) is 0 Å². The first-order chi connectivity index (χ1) is 28.0. The molecule has 0 aliphatic heterocycles. The highest BCUT2D eigenvalue weighted by atomic mass is 16.5. The van der Waals surface area contributed by atoms with Crippen LogP contribution in [0.4, 0.5) is 34.1 Å². The molecule has 0 amide bonds. The van der Waals surface area contributed by atoms with Crippen LogP contribution in [0.15, 0.2) is 121 Å². The Morgan fingerprint density at radius 1 is 0.310 bits per heavy atom. The van der Waals surface area contributed by atoms with Crippen LogP contribution in [-0.2, 0) is 0 Å². The topological polar surface area (TPSA) is 43.4 Å². The fourth-order valence-corrected chi connectivity index (χ4v) is 8.26. The van der Waals surface area contributed by atoms with E-state index in [9.17, 15) is 0 Å². The van der Waals surface area contributed by atoms with Gasteiger partial charge in [-0.1, -0.05) is 48.5 Å². The van der Waals surface area contributed by atoms with Crippen LogP contribution in [0, 0.1) is 41.5 Å². The Labute approximate surface area is 341 Å². The van der Waals surface area contributed by atoms with Crippen molar-refractivity contribution in [2.24, 2.45) is 0 Å². The molecule has 0 bridgehead atoms. The monoisotopic (exact) mass is 766 g/mol. The summed E-state index contributed by atoms with van der Waals surface area (Å²) in [6.07, 6.45) is 0. The second-order valence-electron chi connectivity index (χ2n) is 15.2. The molecular weight excluding hydrogens is 717 g/mol. The Kier molecular flexibility index (Phi) is 10.1. The summed E-state index contributed by atoms with van der Waals surface area (Å²) >= 11 is 0. The highest BCUT2D eigenvalue weighted by Crippen LogP contribution is 2.49. The summed E-state index contributed by atoms with van der Waals surface area (Å²) in [7, 11) is 6.79. The Balaban J connectivity index is 1.49. The van der Waals surface area contributed by atoms with Gasteiger partial charge in [0.05, 0.1) is 51.2 Å². The minimum Gasteiger partial charge on any atom is -0.497 e. The van der Waals surface area contributed by atoms with Gasteiger partial charge >= 0.3 is 0 Å². The van der Waals surface area contributed by atoms with Crippen molar-refractivity contribution in [3.8, 4) is 23.0 Å². The van der Waals surface area contributed by atoms with Crippen molar-refractivity contribution < 1.29 is 18.9 Å². The van der Waals surface area contributed by atoms with Crippen LogP contribution in [0.1, 0.15) is 33.4 Å². The second-order valence-corrected chi connectivity index (χ2v) is 15.2. The van der Waals surface area contributed by atoms with Gasteiger partial charge in [0.15, 0.2) is 0 Å². The van der Waals surface area contributed by atoms with Crippen LogP contribution < -0.4 is 28.7 Å². The molecule has 0 atom stereocenters. The van der Waals surface area contributed by atoms with Gasteiger partial charge in [-0.15, -0.1) is 0 Å². The molecule has 0 aromatic heterocycles. The first kappa shape index (κ1) is 38.2. The largest absolute Gasteiger partial charge is 0.497 e. The van der Waals surface area contributed by atoms with Gasteiger partial charge in [-0.3, -0.25) is 0 Å². The number of rotatable bonds is 10. The summed E-state index contributed by atoms with van der Waals surface area (Å²) in [4.78, 5) is 4.70. The third-order valence-corrected chi connectivity index (χ3v) is 11.8. The van der Waals surface area contributed by atoms with E-state index in [1.807, 2.05) is 12.1 Å². The van der Waals surface area contributed by atoms with Gasteiger partial charge in [-0.05, 0) is 133 Å². The van der Waals surface area contributed by atoms with Gasteiger partial charge in [0, 0.05) is 58.5 Å². The van der Waals surface area contributed by atoms with Gasteiger partial charge in [0.2, 0.25) is 0 Å². The Morgan fingerprint density at radius 2 is 0.586 bits per heavy atom. The molecule has 0 unspecified atom stereocenters. The lowest BCUT2D eigenvalue weighted by Gasteiger charge is -2.31. The number of nitrogens with zero attached hydrogens (tertiary/aromatic N) is 2. The fourth-order valence-electron chi connectivity index (χ4n) is 8.26. The molecule has 6 heteroatoms. The van der Waals surface area contributed by atoms with Crippen LogP contribution >= 0.6 is 0 Å². The van der Waals surface area contributed by atoms with Gasteiger partial charge in [0.25, 0.3) is 0 Å². The van der Waals surface area contributed by atoms with E-state index in [4.69, 9.17) is 18.9 Å². The quantitative estimate of drug-likeness (QED) is 0.129. The molecule has 0 fully saturated rings. The van der Waals surface area contributed by atoms with Crippen molar-refractivity contribution in [2.45, 2.75) is 41.5 Å². The maximum atomic E-state index is 5.83. The number of methoxy groups -OCH3 is 4. The predicted molar refractivity (Wildman–Crippen MR) is 243 cm³/mol. The lowest BCUT2D eigenvalue weighted by atomic mass is 9.93. The van der Waals surface area contributed by atoms with E-state index in [0.29, 0.717) is 0 Å². The van der Waals surface area contributed by atoms with Gasteiger partial charge in [0.1, 0.15) is 23.0 Å². The summed E-state index contributed by atoms with van der Waals surface area (Å²) in [5.74, 6) is 2.87. The molecule has 8 rings (SSSR count). The van der Waals surface area contributed by atoms with Gasteiger partial charge in [-0.25, -0.2) is 0 Å². The van der Waals surface area contributed by atoms with E-state index in [-0.39, 0.29) is 0 Å². The van der Waals surface area contributed by atoms with Crippen molar-refractivity contribution >= 4 is 66.4 Å². The van der Waals surface area contributed by atoms with Crippen molar-refractivity contribution in [1.29, 1.82) is 0 Å². The molecule has 0 spiro atoms. The van der Waals surface area contributed by atoms with E-state index in [2.05, 4.69) is 161 Å². The van der Waals surface area contributed by atoms with Crippen LogP contribution in [-0.4, -0.2) is 28.4 Å². The predicted octanol–water partition coefficient (Wildman–Crippen LogP) is 14.0. The second kappa shape index (κ2) is 15.4. The van der Waals surface area contributed by atoms with Gasteiger partial charge in [-0.2, -0.15) is 0 Å². The summed E-state index contributed by atoms with van der Waals surface area (Å²) < 4.78 is 23.3. The van der Waals surface area contributed by atoms with Crippen LogP contribution in [0.2, 0.25) is 0 Å². The Morgan fingerprint density at radius 3 is 0.879 bits per heavy atom. The molecule has 292 valence electrons. The van der Waals surface area contributed by atoms with E-state index in [0.717, 1.165) is 89.4 Å². The maximum absolute atomic E-state index is 5.83. The highest BCUT2D eigenvalue weighted by Gasteiger charge is 2.24. The molecule has 58 heavy (non-hydrogen) atoms. The first-order valence-corrected chi connectivity index (χ1v) is 19.6. The minimum atomic E-state index is 0.718. The molecular formula is C52H50N2O4. The number of hydrogen-bond acceptors (Lipinski definition) is 6. The average Bonchev–Trinajstić information content (AvgIpc) is 3.24. The molecule has 6 nitrogen and oxygen atoms in total. The van der Waals surface area contributed by atoms with E-state index < -0.39 is 0 Å². The molecule has 8 aromatic carbocycles. The summed E-state index contributed by atoms with van der Waals surface area (Å²) in [5, 5.41) is 6.81. The van der Waals surface area contributed by atoms with E-state index in [1.54, 1.807) is 28.4 Å². The molecule has 0 heterocycles. The Bertz CT molecular complexity index is 2590. The van der Waals surface area contributed by atoms with Crippen LogP contribution in [0.25, 0.3) is 32.3 Å². The zero-order chi connectivity index (χ0) is 40.8. The number of benzene rings is 8. The third kappa shape index (κ3) is 6.68. The molecule has 0 aliphatic carbocycles. The highest BCUT2D eigenvalue weighted by molar-refractivity contribution is 6.24. The zero-order valence-electron chi connectivity index (χ0n) is 35.1. The fraction of sp³-hybridized carbons (Fsp3) is 0.192. The first-order valence-electron chi connectivity index (χ1n) is 19.6. The smallest absolute Gasteiger partial charge is 0.124 e. The molecule has 0 saturated carbocycles. The van der Waals surface area contributed by atoms with Crippen LogP contribution in [0.5, 0.6) is 23.0 Å². The normalized spacial score (nSPS) is 11.3. The van der Waals surface area contributed by atoms with Crippen molar-refractivity contribution in [3.05, 3.63) is 155 Å². The van der Waals surface area contributed by atoms with Crippen molar-refractivity contribution in [2.75, 3.05) is 38.2 Å². The summed E-state index contributed by atoms with van der Waals surface area (Å²) in [6, 6.07) is 43.5. The SMILES string of the molecule is COc1cc(OC)cc(N(c2cc(C)c(C)c(C)c2)c2cc3c4ccccc4c(N(c4cc(OC)cc(OC)c4)c4cc(C)c(C)c(C)c4)cc3c3ccccc23)c1. The molecule has 0 saturated heterocycles. The van der Waals surface area contributed by atoms with E-state index in [1.165, 1.54) is 33.4 Å². The standard InChI is InChI=1S/C52H50N2O4/c1-31-19-37(20-32(2)35(31)5)53(39-23-41(55-7)27-42(24-39)56-8)51-29-49-46-16-12-14-18-48(46)52(30-50(49)45-15-11-13-17-47(45)51)54(38-21-33(3)36(6)34(4)22-38)40-25-43(57-9)28-44(26-40)58-10/h11-30H,1-10H3. The molecule has 8 aromatic rings. The molecule has 0 aliphatic rings. The minimum absolute atomic E-state index is 0.718. The number of fused-ring (bicyclic) bond motifs is 5. The Hall–Kier alpha value is -6.66. The van der Waals surface area contributed by atoms with E-state index >= 15 is 0 Å².